The Morgan fingerprint density at radius 2 is 1.06 bits per heavy atom. The topological polar surface area (TPSA) is 57.4 Å². The molecular formula is C28H30N4. The summed E-state index contributed by atoms with van der Waals surface area (Å²) in [6.45, 7) is 11.0. The van der Waals surface area contributed by atoms with Crippen molar-refractivity contribution in [3.05, 3.63) is 70.8 Å². The largest absolute Gasteiger partial charge is 0.355 e. The van der Waals surface area contributed by atoms with Gasteiger partial charge in [0.1, 0.15) is 0 Å². The third-order valence-corrected chi connectivity index (χ3v) is 6.76. The van der Waals surface area contributed by atoms with Gasteiger partial charge < -0.3 is 9.97 Å². The molecular weight excluding hydrogens is 392 g/mol. The minimum Gasteiger partial charge on any atom is -0.355 e. The molecule has 0 saturated heterocycles. The molecule has 0 aromatic carbocycles. The Hall–Kier alpha value is -3.40. The average molecular weight is 423 g/mol. The van der Waals surface area contributed by atoms with E-state index in [2.05, 4.69) is 87.1 Å². The molecule has 0 radical (unpaired) electrons. The van der Waals surface area contributed by atoms with E-state index in [9.17, 15) is 0 Å². The standard InChI is InChI=1S/C28H30N4/c1-6-20-16(4)25-13-18-9-11-23(29-18)22(8-3)24-12-10-19(30-24)14-26-17(5)21(7-2)28(32-26)15-27(20)31-25/h9-15,29-30H,6-8H2,1-5H3. The summed E-state index contributed by atoms with van der Waals surface area (Å²) in [6.07, 6.45) is 2.84. The molecule has 8 bridgehead atoms. The van der Waals surface area contributed by atoms with Crippen LogP contribution in [0.1, 0.15) is 75.8 Å². The highest BCUT2D eigenvalue weighted by Gasteiger charge is 2.19. The molecule has 5 heterocycles. The van der Waals surface area contributed by atoms with Crippen LogP contribution in [0.25, 0.3) is 44.4 Å². The van der Waals surface area contributed by atoms with Gasteiger partial charge in [-0.2, -0.15) is 0 Å². The molecule has 0 amide bonds. The van der Waals surface area contributed by atoms with Crippen LogP contribution in [0.2, 0.25) is 0 Å². The molecule has 162 valence electrons. The van der Waals surface area contributed by atoms with Gasteiger partial charge in [0.25, 0.3) is 0 Å². The lowest BCUT2D eigenvalue weighted by molar-refractivity contribution is 1.16. The Bertz CT molecular complexity index is 1340. The number of fused-ring (bicyclic) bond motifs is 8. The summed E-state index contributed by atoms with van der Waals surface area (Å²) >= 11 is 0. The monoisotopic (exact) mass is 422 g/mol. The van der Waals surface area contributed by atoms with Crippen molar-refractivity contribution in [3.63, 3.8) is 0 Å². The Labute approximate surface area is 189 Å². The van der Waals surface area contributed by atoms with Crippen molar-refractivity contribution in [1.82, 2.24) is 19.9 Å². The van der Waals surface area contributed by atoms with Crippen molar-refractivity contribution < 1.29 is 0 Å². The zero-order valence-corrected chi connectivity index (χ0v) is 19.6. The number of nitrogens with one attached hydrogen (secondary N) is 2. The van der Waals surface area contributed by atoms with E-state index in [1.54, 1.807) is 0 Å². The molecule has 0 atom stereocenters. The molecule has 0 aliphatic carbocycles. The summed E-state index contributed by atoms with van der Waals surface area (Å²) in [6, 6.07) is 15.1. The lowest BCUT2D eigenvalue weighted by Gasteiger charge is -2.02. The number of aromatic amines is 2. The maximum Gasteiger partial charge on any atom is 0.0693 e. The number of H-pyrrole nitrogens is 2. The van der Waals surface area contributed by atoms with Crippen LogP contribution < -0.4 is 0 Å². The van der Waals surface area contributed by atoms with Crippen LogP contribution >= 0.6 is 0 Å². The van der Waals surface area contributed by atoms with E-state index in [1.807, 2.05) is 0 Å². The van der Waals surface area contributed by atoms with Crippen LogP contribution in [0.15, 0.2) is 42.5 Å². The fraction of sp³-hybridized carbons (Fsp3) is 0.286. The third-order valence-electron chi connectivity index (χ3n) is 6.76. The van der Waals surface area contributed by atoms with Crippen molar-refractivity contribution in [3.8, 4) is 0 Å². The molecule has 32 heavy (non-hydrogen) atoms. The van der Waals surface area contributed by atoms with Gasteiger partial charge in [0, 0.05) is 22.1 Å². The van der Waals surface area contributed by atoms with Crippen molar-refractivity contribution in [2.75, 3.05) is 0 Å². The first-order valence-electron chi connectivity index (χ1n) is 11.6. The maximum absolute atomic E-state index is 5.04. The second kappa shape index (κ2) is 7.94. The molecule has 3 aromatic rings. The van der Waals surface area contributed by atoms with Gasteiger partial charge in [-0.25, -0.2) is 9.97 Å². The molecule has 4 nitrogen and oxygen atoms in total. The van der Waals surface area contributed by atoms with Gasteiger partial charge in [-0.3, -0.25) is 0 Å². The van der Waals surface area contributed by atoms with E-state index in [1.165, 1.54) is 27.9 Å². The van der Waals surface area contributed by atoms with Crippen LogP contribution in [0.4, 0.5) is 0 Å². The summed E-state index contributed by atoms with van der Waals surface area (Å²) < 4.78 is 0. The number of hydrogen-bond donors (Lipinski definition) is 2. The van der Waals surface area contributed by atoms with Gasteiger partial charge >= 0.3 is 0 Å². The predicted octanol–water partition coefficient (Wildman–Crippen LogP) is 7.56. The molecule has 5 rings (SSSR count). The normalized spacial score (nSPS) is 13.9. The van der Waals surface area contributed by atoms with Gasteiger partial charge in [-0.1, -0.05) is 20.8 Å². The molecule has 2 aliphatic heterocycles. The lowest BCUT2D eigenvalue weighted by Crippen LogP contribution is -1.85. The highest BCUT2D eigenvalue weighted by Crippen LogP contribution is 2.36. The average Bonchev–Trinajstić information content (AvgIpc) is 3.53. The Balaban J connectivity index is 1.93. The minimum absolute atomic E-state index is 0.935. The smallest absolute Gasteiger partial charge is 0.0693 e. The number of aryl methyl sites for hydroxylation is 1. The third kappa shape index (κ3) is 3.31. The number of nitrogens with zero attached hydrogens (tertiary/aromatic N) is 2. The van der Waals surface area contributed by atoms with E-state index >= 15 is 0 Å². The fourth-order valence-corrected chi connectivity index (χ4v) is 4.96. The maximum atomic E-state index is 5.04. The molecule has 2 aliphatic rings. The van der Waals surface area contributed by atoms with Crippen LogP contribution in [0, 0.1) is 0 Å². The van der Waals surface area contributed by atoms with E-state index in [0.717, 1.165) is 64.1 Å². The van der Waals surface area contributed by atoms with E-state index < -0.39 is 0 Å². The van der Waals surface area contributed by atoms with Gasteiger partial charge in [0.15, 0.2) is 0 Å². The zero-order chi connectivity index (χ0) is 22.4. The molecule has 2 N–H and O–H groups in total. The van der Waals surface area contributed by atoms with Gasteiger partial charge in [0.2, 0.25) is 0 Å². The van der Waals surface area contributed by atoms with Crippen molar-refractivity contribution in [2.45, 2.75) is 53.9 Å². The Kier molecular flexibility index (Phi) is 5.09. The summed E-state index contributed by atoms with van der Waals surface area (Å²) in [5, 5.41) is 0. The lowest BCUT2D eigenvalue weighted by atomic mass is 10.0. The number of hydrogen-bond acceptors (Lipinski definition) is 2. The first-order valence-corrected chi connectivity index (χ1v) is 11.6. The first kappa shape index (κ1) is 20.5. The summed E-state index contributed by atoms with van der Waals surface area (Å²) in [7, 11) is 0. The van der Waals surface area contributed by atoms with Crippen LogP contribution in [-0.4, -0.2) is 19.9 Å². The quantitative estimate of drug-likeness (QED) is 0.457. The predicted molar refractivity (Wildman–Crippen MR) is 136 cm³/mol. The molecule has 0 fully saturated rings. The second-order valence-electron chi connectivity index (χ2n) is 8.60. The van der Waals surface area contributed by atoms with Crippen LogP contribution in [0.5, 0.6) is 0 Å². The molecule has 0 unspecified atom stereocenters. The fourth-order valence-electron chi connectivity index (χ4n) is 4.96. The van der Waals surface area contributed by atoms with E-state index in [-0.39, 0.29) is 0 Å². The zero-order valence-electron chi connectivity index (χ0n) is 19.6. The summed E-state index contributed by atoms with van der Waals surface area (Å²) in [4.78, 5) is 17.3. The molecule has 3 aromatic heterocycles. The van der Waals surface area contributed by atoms with Gasteiger partial charge in [-0.15, -0.1) is 0 Å². The van der Waals surface area contributed by atoms with Gasteiger partial charge in [-0.05, 0) is 103 Å². The van der Waals surface area contributed by atoms with Crippen molar-refractivity contribution >= 4 is 44.4 Å². The molecule has 0 spiro atoms. The van der Waals surface area contributed by atoms with Crippen molar-refractivity contribution in [2.24, 2.45) is 0 Å². The van der Waals surface area contributed by atoms with Crippen molar-refractivity contribution in [1.29, 1.82) is 0 Å². The van der Waals surface area contributed by atoms with Crippen LogP contribution in [0.3, 0.4) is 0 Å². The number of rotatable bonds is 3. The highest BCUT2D eigenvalue weighted by molar-refractivity contribution is 5.95. The number of allylic oxidation sites excluding steroid dienone is 4. The van der Waals surface area contributed by atoms with Crippen LogP contribution in [-0.2, 0) is 6.42 Å². The highest BCUT2D eigenvalue weighted by atomic mass is 14.8. The van der Waals surface area contributed by atoms with E-state index in [0.29, 0.717) is 0 Å². The SMILES string of the molecule is CCC1=C(C)c2cc3ccc([nH]3)c(CC)c3ccc(cc4nc(cc1n2)C(CC)=C4C)[nH]3. The van der Waals surface area contributed by atoms with E-state index in [4.69, 9.17) is 9.97 Å². The molecule has 0 saturated carbocycles. The molecule has 4 heteroatoms. The second-order valence-corrected chi connectivity index (χ2v) is 8.60. The number of aromatic nitrogens is 4. The Morgan fingerprint density at radius 3 is 1.47 bits per heavy atom. The summed E-state index contributed by atoms with van der Waals surface area (Å²) in [5.74, 6) is 0. The summed E-state index contributed by atoms with van der Waals surface area (Å²) in [5.41, 5.74) is 14.9. The first-order chi connectivity index (χ1) is 15.5. The van der Waals surface area contributed by atoms with Gasteiger partial charge in [0.05, 0.1) is 22.8 Å². The minimum atomic E-state index is 0.935. The Morgan fingerprint density at radius 1 is 0.594 bits per heavy atom.